The van der Waals surface area contributed by atoms with Crippen LogP contribution in [0.15, 0.2) is 12.1 Å². The highest BCUT2D eigenvalue weighted by molar-refractivity contribution is 6.17. The lowest BCUT2D eigenvalue weighted by Crippen LogP contribution is -2.11. The molecule has 0 N–H and O–H groups in total. The van der Waals surface area contributed by atoms with E-state index in [0.717, 1.165) is 13.0 Å². The first-order valence-corrected chi connectivity index (χ1v) is 4.53. The summed E-state index contributed by atoms with van der Waals surface area (Å²) >= 11 is 5.42. The largest absolute Gasteiger partial charge is 0.433 e. The van der Waals surface area contributed by atoms with Gasteiger partial charge in [0.1, 0.15) is 11.4 Å². The van der Waals surface area contributed by atoms with Gasteiger partial charge in [-0.2, -0.15) is 13.2 Å². The second kappa shape index (κ2) is 4.18. The molecule has 0 aliphatic heterocycles. The summed E-state index contributed by atoms with van der Waals surface area (Å²) in [7, 11) is 0. The van der Waals surface area contributed by atoms with Crippen molar-refractivity contribution >= 4 is 17.4 Å². The summed E-state index contributed by atoms with van der Waals surface area (Å²) in [5, 5.41) is 0. The molecule has 1 heterocycles. The molecule has 0 fully saturated rings. The van der Waals surface area contributed by atoms with E-state index in [2.05, 4.69) is 4.98 Å². The standard InChI is InChI=1S/C9H7ClF3NO/c1-5(15)7-2-6(4-10)3-8(14-7)9(11,12)13/h2-3H,4H2,1H3. The van der Waals surface area contributed by atoms with Gasteiger partial charge in [-0.15, -0.1) is 11.6 Å². The predicted molar refractivity (Wildman–Crippen MR) is 48.8 cm³/mol. The van der Waals surface area contributed by atoms with Gasteiger partial charge in [0.15, 0.2) is 5.78 Å². The first kappa shape index (κ1) is 12.0. The number of hydrogen-bond donors (Lipinski definition) is 0. The van der Waals surface area contributed by atoms with Crippen LogP contribution in [0.25, 0.3) is 0 Å². The number of nitrogens with zero attached hydrogens (tertiary/aromatic N) is 1. The SMILES string of the molecule is CC(=O)c1cc(CCl)cc(C(F)(F)F)n1. The van der Waals surface area contributed by atoms with Gasteiger partial charge in [0.25, 0.3) is 0 Å². The molecule has 0 atom stereocenters. The summed E-state index contributed by atoms with van der Waals surface area (Å²) in [6.45, 7) is 1.15. The second-order valence-corrected chi connectivity index (χ2v) is 3.20. The first-order chi connectivity index (χ1) is 6.84. The van der Waals surface area contributed by atoms with Crippen LogP contribution in [0.5, 0.6) is 0 Å². The molecule has 1 rings (SSSR count). The van der Waals surface area contributed by atoms with Crippen molar-refractivity contribution < 1.29 is 18.0 Å². The Labute approximate surface area is 89.1 Å². The first-order valence-electron chi connectivity index (χ1n) is 3.99. The number of Topliss-reactive ketones (excluding diaryl/α,β-unsaturated/α-hetero) is 1. The van der Waals surface area contributed by atoms with Crippen LogP contribution in [0.1, 0.15) is 28.7 Å². The van der Waals surface area contributed by atoms with Crippen LogP contribution in [0.4, 0.5) is 13.2 Å². The molecule has 0 aromatic carbocycles. The Bertz CT molecular complexity index is 389. The molecule has 15 heavy (non-hydrogen) atoms. The molecule has 0 aliphatic carbocycles. The van der Waals surface area contributed by atoms with Crippen LogP contribution in [0, 0.1) is 0 Å². The zero-order valence-electron chi connectivity index (χ0n) is 7.73. The van der Waals surface area contributed by atoms with E-state index >= 15 is 0 Å². The highest BCUT2D eigenvalue weighted by Crippen LogP contribution is 2.28. The zero-order chi connectivity index (χ0) is 11.6. The molecule has 0 bridgehead atoms. The summed E-state index contributed by atoms with van der Waals surface area (Å²) in [6.07, 6.45) is -4.56. The fourth-order valence-electron chi connectivity index (χ4n) is 0.990. The molecule has 0 unspecified atom stereocenters. The Kier molecular flexibility index (Phi) is 3.34. The molecule has 0 radical (unpaired) electrons. The molecule has 0 aliphatic rings. The number of pyridine rings is 1. The summed E-state index contributed by atoms with van der Waals surface area (Å²) in [5.41, 5.74) is -1.09. The molecule has 1 aromatic heterocycles. The van der Waals surface area contributed by atoms with E-state index in [-0.39, 0.29) is 17.1 Å². The van der Waals surface area contributed by atoms with Crippen LogP contribution in [-0.2, 0) is 12.1 Å². The summed E-state index contributed by atoms with van der Waals surface area (Å²) in [5.74, 6) is -0.612. The van der Waals surface area contributed by atoms with Crippen LogP contribution >= 0.6 is 11.6 Å². The van der Waals surface area contributed by atoms with Crippen molar-refractivity contribution in [3.63, 3.8) is 0 Å². The maximum absolute atomic E-state index is 12.3. The van der Waals surface area contributed by atoms with Crippen molar-refractivity contribution in [2.75, 3.05) is 0 Å². The van der Waals surface area contributed by atoms with E-state index in [0.29, 0.717) is 0 Å². The third-order valence-electron chi connectivity index (χ3n) is 1.69. The fraction of sp³-hybridized carbons (Fsp3) is 0.333. The normalized spacial score (nSPS) is 11.5. The van der Waals surface area contributed by atoms with E-state index < -0.39 is 17.7 Å². The lowest BCUT2D eigenvalue weighted by Gasteiger charge is -2.08. The van der Waals surface area contributed by atoms with Gasteiger partial charge < -0.3 is 0 Å². The van der Waals surface area contributed by atoms with Gasteiger partial charge in [0.2, 0.25) is 0 Å². The van der Waals surface area contributed by atoms with Crippen molar-refractivity contribution in [1.82, 2.24) is 4.98 Å². The molecule has 0 saturated heterocycles. The number of aromatic nitrogens is 1. The topological polar surface area (TPSA) is 30.0 Å². The molecule has 82 valence electrons. The van der Waals surface area contributed by atoms with Crippen molar-refractivity contribution in [3.8, 4) is 0 Å². The minimum absolute atomic E-state index is 0.0914. The Morgan fingerprint density at radius 3 is 2.47 bits per heavy atom. The van der Waals surface area contributed by atoms with Gasteiger partial charge >= 0.3 is 6.18 Å². The number of alkyl halides is 4. The van der Waals surface area contributed by atoms with Gasteiger partial charge in [0, 0.05) is 12.8 Å². The van der Waals surface area contributed by atoms with Crippen molar-refractivity contribution in [3.05, 3.63) is 29.1 Å². The molecular formula is C9H7ClF3NO. The van der Waals surface area contributed by atoms with Gasteiger partial charge in [0.05, 0.1) is 0 Å². The number of carbonyl (C=O) groups is 1. The van der Waals surface area contributed by atoms with E-state index in [1.54, 1.807) is 0 Å². The Balaban J connectivity index is 3.30. The molecule has 6 heteroatoms. The Morgan fingerprint density at radius 2 is 2.07 bits per heavy atom. The minimum Gasteiger partial charge on any atom is -0.293 e. The number of rotatable bonds is 2. The van der Waals surface area contributed by atoms with Gasteiger partial charge in [-0.3, -0.25) is 4.79 Å². The fourth-order valence-corrected chi connectivity index (χ4v) is 1.14. The van der Waals surface area contributed by atoms with E-state index in [9.17, 15) is 18.0 Å². The monoisotopic (exact) mass is 237 g/mol. The van der Waals surface area contributed by atoms with E-state index in [1.807, 2.05) is 0 Å². The van der Waals surface area contributed by atoms with Crippen LogP contribution in [0.2, 0.25) is 0 Å². The summed E-state index contributed by atoms with van der Waals surface area (Å²) < 4.78 is 37.0. The number of hydrogen-bond acceptors (Lipinski definition) is 2. The van der Waals surface area contributed by atoms with E-state index in [1.165, 1.54) is 6.07 Å². The molecule has 0 saturated carbocycles. The Morgan fingerprint density at radius 1 is 1.47 bits per heavy atom. The van der Waals surface area contributed by atoms with Crippen molar-refractivity contribution in [2.45, 2.75) is 19.0 Å². The maximum Gasteiger partial charge on any atom is 0.433 e. The maximum atomic E-state index is 12.3. The molecule has 0 amide bonds. The van der Waals surface area contributed by atoms with Gasteiger partial charge in [-0.1, -0.05) is 0 Å². The number of halogens is 4. The molecule has 1 aromatic rings. The van der Waals surface area contributed by atoms with Crippen LogP contribution in [0.3, 0.4) is 0 Å². The lowest BCUT2D eigenvalue weighted by molar-refractivity contribution is -0.141. The van der Waals surface area contributed by atoms with Crippen molar-refractivity contribution in [2.24, 2.45) is 0 Å². The average molecular weight is 238 g/mol. The van der Waals surface area contributed by atoms with Gasteiger partial charge in [-0.05, 0) is 17.7 Å². The average Bonchev–Trinajstić information content (AvgIpc) is 2.15. The Hall–Kier alpha value is -1.10. The van der Waals surface area contributed by atoms with Crippen molar-refractivity contribution in [1.29, 1.82) is 0 Å². The van der Waals surface area contributed by atoms with E-state index in [4.69, 9.17) is 11.6 Å². The number of carbonyl (C=O) groups excluding carboxylic acids is 1. The molecule has 2 nitrogen and oxygen atoms in total. The third-order valence-corrected chi connectivity index (χ3v) is 2.00. The summed E-state index contributed by atoms with van der Waals surface area (Å²) in [4.78, 5) is 14.1. The number of ketones is 1. The molecule has 0 spiro atoms. The highest BCUT2D eigenvalue weighted by atomic mass is 35.5. The van der Waals surface area contributed by atoms with Crippen LogP contribution < -0.4 is 0 Å². The summed E-state index contributed by atoms with van der Waals surface area (Å²) in [6, 6.07) is 2.09. The minimum atomic E-state index is -4.56. The quantitative estimate of drug-likeness (QED) is 0.585. The van der Waals surface area contributed by atoms with Gasteiger partial charge in [-0.25, -0.2) is 4.98 Å². The smallest absolute Gasteiger partial charge is 0.293 e. The third kappa shape index (κ3) is 2.92. The lowest BCUT2D eigenvalue weighted by atomic mass is 10.1. The second-order valence-electron chi connectivity index (χ2n) is 2.93. The molecular weight excluding hydrogens is 231 g/mol. The van der Waals surface area contributed by atoms with Crippen LogP contribution in [-0.4, -0.2) is 10.8 Å². The highest BCUT2D eigenvalue weighted by Gasteiger charge is 2.33. The zero-order valence-corrected chi connectivity index (χ0v) is 8.49. The predicted octanol–water partition coefficient (Wildman–Crippen LogP) is 3.04.